The first-order valence-electron chi connectivity index (χ1n) is 3.49. The van der Waals surface area contributed by atoms with Crippen LogP contribution in [0.5, 0.6) is 0 Å². The number of hydrogen-bond donors (Lipinski definition) is 2. The summed E-state index contributed by atoms with van der Waals surface area (Å²) in [5.41, 5.74) is -0.812. The van der Waals surface area contributed by atoms with Crippen LogP contribution >= 0.6 is 0 Å². The molecule has 0 aromatic carbocycles. The minimum absolute atomic E-state index is 0.0364. The first-order chi connectivity index (χ1) is 4.77. The summed E-state index contributed by atoms with van der Waals surface area (Å²) in [5, 5.41) is 15.3. The number of nitrogens with one attached hydrogen (secondary N) is 1. The van der Waals surface area contributed by atoms with Crippen molar-refractivity contribution < 1.29 is 5.11 Å². The lowest BCUT2D eigenvalue weighted by atomic mass is 9.93. The van der Waals surface area contributed by atoms with Gasteiger partial charge in [0.2, 0.25) is 0 Å². The Morgan fingerprint density at radius 2 is 2.10 bits per heavy atom. The zero-order chi connectivity index (χ0) is 7.45. The minimum atomic E-state index is -0.812. The van der Waals surface area contributed by atoms with Crippen LogP contribution < -0.4 is 5.32 Å². The van der Waals surface area contributed by atoms with Crippen molar-refractivity contribution in [3.05, 3.63) is 4.91 Å². The fourth-order valence-electron chi connectivity index (χ4n) is 1.17. The Bertz CT molecular complexity index is 121. The minimum Gasteiger partial charge on any atom is -0.388 e. The van der Waals surface area contributed by atoms with E-state index in [2.05, 4.69) is 10.5 Å². The van der Waals surface area contributed by atoms with Gasteiger partial charge >= 0.3 is 0 Å². The van der Waals surface area contributed by atoms with E-state index in [-0.39, 0.29) is 6.54 Å². The molecule has 1 saturated heterocycles. The first kappa shape index (κ1) is 7.63. The van der Waals surface area contributed by atoms with Crippen LogP contribution in [-0.2, 0) is 0 Å². The van der Waals surface area contributed by atoms with E-state index < -0.39 is 5.60 Å². The molecule has 0 aromatic rings. The van der Waals surface area contributed by atoms with Gasteiger partial charge in [0.1, 0.15) is 6.54 Å². The van der Waals surface area contributed by atoms with Gasteiger partial charge in [-0.2, -0.15) is 4.91 Å². The van der Waals surface area contributed by atoms with Crippen molar-refractivity contribution >= 4 is 0 Å². The summed E-state index contributed by atoms with van der Waals surface area (Å²) in [6.45, 7) is 1.60. The first-order valence-corrected chi connectivity index (χ1v) is 3.49. The Morgan fingerprint density at radius 3 is 2.60 bits per heavy atom. The van der Waals surface area contributed by atoms with Crippen molar-refractivity contribution in [2.45, 2.75) is 18.4 Å². The van der Waals surface area contributed by atoms with Gasteiger partial charge in [-0.05, 0) is 25.9 Å². The van der Waals surface area contributed by atoms with Crippen molar-refractivity contribution in [1.29, 1.82) is 0 Å². The molecule has 0 radical (unpaired) electrons. The zero-order valence-corrected chi connectivity index (χ0v) is 5.84. The maximum atomic E-state index is 9.85. The van der Waals surface area contributed by atoms with Gasteiger partial charge in [0, 0.05) is 0 Å². The maximum Gasteiger partial charge on any atom is 0.110 e. The van der Waals surface area contributed by atoms with Gasteiger partial charge < -0.3 is 10.4 Å². The third kappa shape index (κ3) is 1.75. The Morgan fingerprint density at radius 1 is 1.50 bits per heavy atom. The van der Waals surface area contributed by atoms with Crippen LogP contribution in [0, 0.1) is 4.91 Å². The van der Waals surface area contributed by atoms with Crippen LogP contribution in [0.15, 0.2) is 5.18 Å². The van der Waals surface area contributed by atoms with Crippen molar-refractivity contribution in [3.8, 4) is 0 Å². The monoisotopic (exact) mass is 144 g/mol. The highest BCUT2D eigenvalue weighted by molar-refractivity contribution is 4.85. The van der Waals surface area contributed by atoms with Gasteiger partial charge in [-0.3, -0.25) is 0 Å². The lowest BCUT2D eigenvalue weighted by molar-refractivity contribution is 0.0194. The van der Waals surface area contributed by atoms with Gasteiger partial charge in [0.25, 0.3) is 0 Å². The molecule has 0 amide bonds. The lowest BCUT2D eigenvalue weighted by Crippen LogP contribution is -2.43. The molecule has 2 N–H and O–H groups in total. The molecule has 4 heteroatoms. The van der Waals surface area contributed by atoms with Crippen LogP contribution in [0.1, 0.15) is 12.8 Å². The molecule has 1 aliphatic heterocycles. The molecule has 0 aliphatic carbocycles. The molecule has 1 rings (SSSR count). The van der Waals surface area contributed by atoms with Gasteiger partial charge in [-0.1, -0.05) is 5.18 Å². The summed E-state index contributed by atoms with van der Waals surface area (Å²) >= 11 is 0. The second kappa shape index (κ2) is 3.07. The van der Waals surface area contributed by atoms with Crippen LogP contribution in [0.4, 0.5) is 0 Å². The van der Waals surface area contributed by atoms with E-state index in [0.29, 0.717) is 12.8 Å². The molecule has 0 bridgehead atoms. The molecule has 0 spiro atoms. The molecule has 1 fully saturated rings. The van der Waals surface area contributed by atoms with E-state index in [1.165, 1.54) is 0 Å². The highest BCUT2D eigenvalue weighted by Gasteiger charge is 2.28. The molecule has 10 heavy (non-hydrogen) atoms. The average molecular weight is 144 g/mol. The molecule has 1 aliphatic rings. The van der Waals surface area contributed by atoms with E-state index in [1.54, 1.807) is 0 Å². The molecule has 0 aromatic heterocycles. The van der Waals surface area contributed by atoms with E-state index in [4.69, 9.17) is 0 Å². The Labute approximate surface area is 59.6 Å². The third-order valence-corrected chi connectivity index (χ3v) is 1.89. The number of aliphatic hydroxyl groups is 1. The Hall–Kier alpha value is -0.480. The van der Waals surface area contributed by atoms with Gasteiger partial charge in [-0.25, -0.2) is 0 Å². The Balaban J connectivity index is 2.39. The number of nitrogens with zero attached hydrogens (tertiary/aromatic N) is 1. The summed E-state index contributed by atoms with van der Waals surface area (Å²) in [6, 6.07) is 0. The van der Waals surface area contributed by atoms with E-state index in [1.807, 2.05) is 0 Å². The zero-order valence-electron chi connectivity index (χ0n) is 5.84. The normalized spacial score (nSPS) is 24.1. The highest BCUT2D eigenvalue weighted by Crippen LogP contribution is 2.17. The lowest BCUT2D eigenvalue weighted by Gasteiger charge is -2.29. The molecular formula is C6H12N2O2. The fourth-order valence-corrected chi connectivity index (χ4v) is 1.17. The predicted octanol–water partition coefficient (Wildman–Crippen LogP) is -0.133. The number of piperidine rings is 1. The fraction of sp³-hybridized carbons (Fsp3) is 1.00. The summed E-state index contributed by atoms with van der Waals surface area (Å²) in [5.74, 6) is 0. The molecule has 0 saturated carbocycles. The summed E-state index contributed by atoms with van der Waals surface area (Å²) in [4.78, 5) is 9.85. The van der Waals surface area contributed by atoms with Crippen molar-refractivity contribution in [1.82, 2.24) is 5.32 Å². The number of hydrogen-bond acceptors (Lipinski definition) is 4. The van der Waals surface area contributed by atoms with Crippen LogP contribution in [0.2, 0.25) is 0 Å². The molecule has 1 heterocycles. The van der Waals surface area contributed by atoms with Gasteiger partial charge in [-0.15, -0.1) is 0 Å². The molecule has 0 atom stereocenters. The smallest absolute Gasteiger partial charge is 0.110 e. The molecule has 4 nitrogen and oxygen atoms in total. The second-order valence-corrected chi connectivity index (χ2v) is 2.76. The SMILES string of the molecule is O=NCC1(O)CCNCC1. The predicted molar refractivity (Wildman–Crippen MR) is 37.7 cm³/mol. The number of rotatable bonds is 2. The average Bonchev–Trinajstić information content (AvgIpc) is 1.89. The molecular weight excluding hydrogens is 132 g/mol. The van der Waals surface area contributed by atoms with Gasteiger partial charge in [0.05, 0.1) is 5.60 Å². The van der Waals surface area contributed by atoms with Crippen LogP contribution in [0.25, 0.3) is 0 Å². The van der Waals surface area contributed by atoms with Crippen molar-refractivity contribution in [2.75, 3.05) is 19.6 Å². The van der Waals surface area contributed by atoms with E-state index in [9.17, 15) is 10.0 Å². The topological polar surface area (TPSA) is 61.7 Å². The van der Waals surface area contributed by atoms with Gasteiger partial charge in [0.15, 0.2) is 0 Å². The summed E-state index contributed by atoms with van der Waals surface area (Å²) in [7, 11) is 0. The van der Waals surface area contributed by atoms with E-state index in [0.717, 1.165) is 13.1 Å². The molecule has 0 unspecified atom stereocenters. The standard InChI is InChI=1S/C6H12N2O2/c9-6(5-8-10)1-3-7-4-2-6/h7,9H,1-5H2. The molecule has 58 valence electrons. The summed E-state index contributed by atoms with van der Waals surface area (Å²) < 4.78 is 0. The van der Waals surface area contributed by atoms with Crippen LogP contribution in [0.3, 0.4) is 0 Å². The second-order valence-electron chi connectivity index (χ2n) is 2.76. The highest BCUT2D eigenvalue weighted by atomic mass is 16.3. The maximum absolute atomic E-state index is 9.85. The van der Waals surface area contributed by atoms with Crippen molar-refractivity contribution in [2.24, 2.45) is 5.18 Å². The quantitative estimate of drug-likeness (QED) is 0.530. The number of nitroso groups, excluding NO2 is 1. The largest absolute Gasteiger partial charge is 0.388 e. The van der Waals surface area contributed by atoms with Crippen molar-refractivity contribution in [3.63, 3.8) is 0 Å². The van der Waals surface area contributed by atoms with Crippen LogP contribution in [-0.4, -0.2) is 30.3 Å². The third-order valence-electron chi connectivity index (χ3n) is 1.89. The van der Waals surface area contributed by atoms with E-state index >= 15 is 0 Å². The Kier molecular flexibility index (Phi) is 2.34. The summed E-state index contributed by atoms with van der Waals surface area (Å²) in [6.07, 6.45) is 1.28.